The highest BCUT2D eigenvalue weighted by atomic mass is 35.5. The number of carbonyl (C=O) groups is 1. The van der Waals surface area contributed by atoms with Crippen LogP contribution in [-0.2, 0) is 33.3 Å². The van der Waals surface area contributed by atoms with E-state index in [-0.39, 0.29) is 39.2 Å². The molecule has 0 amide bonds. The predicted octanol–water partition coefficient (Wildman–Crippen LogP) is 7.44. The van der Waals surface area contributed by atoms with Crippen molar-refractivity contribution >= 4 is 44.3 Å². The Morgan fingerprint density at radius 2 is 1.87 bits per heavy atom. The van der Waals surface area contributed by atoms with Gasteiger partial charge in [0.1, 0.15) is 27.7 Å². The van der Waals surface area contributed by atoms with Crippen molar-refractivity contribution in [1.82, 2.24) is 29.6 Å². The third kappa shape index (κ3) is 8.34. The summed E-state index contributed by atoms with van der Waals surface area (Å²) < 4.78 is 46.3. The number of benzene rings is 2. The molecular weight excluding hydrogens is 718 g/mol. The van der Waals surface area contributed by atoms with Crippen molar-refractivity contribution in [3.63, 3.8) is 0 Å². The zero-order chi connectivity index (χ0) is 38.1. The van der Waals surface area contributed by atoms with Crippen LogP contribution in [0.15, 0.2) is 40.0 Å². The van der Waals surface area contributed by atoms with Gasteiger partial charge in [0.05, 0.1) is 18.4 Å². The molecule has 15 heteroatoms. The van der Waals surface area contributed by atoms with Crippen molar-refractivity contribution in [2.45, 2.75) is 121 Å². The summed E-state index contributed by atoms with van der Waals surface area (Å²) in [6, 6.07) is 7.41. The molecule has 0 bridgehead atoms. The number of hydrogen-bond donors (Lipinski definition) is 1. The lowest BCUT2D eigenvalue weighted by Crippen LogP contribution is -2.47. The Kier molecular flexibility index (Phi) is 11.4. The van der Waals surface area contributed by atoms with Gasteiger partial charge in [-0.1, -0.05) is 38.3 Å². The van der Waals surface area contributed by atoms with Crippen molar-refractivity contribution in [2.24, 2.45) is 11.8 Å². The van der Waals surface area contributed by atoms with Crippen LogP contribution in [0.2, 0.25) is 0 Å². The molecule has 1 aliphatic heterocycles. The van der Waals surface area contributed by atoms with Gasteiger partial charge in [0.25, 0.3) is 0 Å². The van der Waals surface area contributed by atoms with E-state index in [2.05, 4.69) is 65.8 Å². The van der Waals surface area contributed by atoms with Gasteiger partial charge in [-0.05, 0) is 103 Å². The van der Waals surface area contributed by atoms with E-state index in [9.17, 15) is 13.2 Å². The van der Waals surface area contributed by atoms with Gasteiger partial charge in [-0.2, -0.15) is 0 Å². The van der Waals surface area contributed by atoms with E-state index in [0.29, 0.717) is 41.8 Å². The standard InChI is InChI=1S/C38H52ClN7O6S/c1-24(47)50-31-19-26(37(2,3)16-10-8-9-11-17-39)20-32-34(31)28-18-25(12-13-29(28)38(4,5)51-32)22-46-23-27(41-44-46)21-40-30-14-15-33(53(48,49)45(6)7)36-35(30)42-52-43-36/h14-15,19-20,23,25,28-29,40H,8-13,16-18,21-22H2,1-7H3/t25-,28-,29-/m1/s1. The van der Waals surface area contributed by atoms with E-state index < -0.39 is 10.0 Å². The number of hydrogen-bond acceptors (Lipinski definition) is 11. The van der Waals surface area contributed by atoms with E-state index >= 15 is 0 Å². The second kappa shape index (κ2) is 15.5. The molecule has 2 aliphatic rings. The van der Waals surface area contributed by atoms with Crippen LogP contribution in [0.1, 0.15) is 109 Å². The summed E-state index contributed by atoms with van der Waals surface area (Å²) >= 11 is 5.89. The number of sulfonamides is 1. The first-order valence-electron chi connectivity index (χ1n) is 18.5. The third-order valence-electron chi connectivity index (χ3n) is 11.0. The van der Waals surface area contributed by atoms with Gasteiger partial charge in [-0.15, -0.1) is 16.7 Å². The molecule has 3 atom stereocenters. The van der Waals surface area contributed by atoms with Gasteiger partial charge in [0.2, 0.25) is 10.0 Å². The predicted molar refractivity (Wildman–Crippen MR) is 203 cm³/mol. The monoisotopic (exact) mass is 769 g/mol. The smallest absolute Gasteiger partial charge is 0.308 e. The highest BCUT2D eigenvalue weighted by Gasteiger charge is 2.48. The number of alkyl halides is 1. The lowest BCUT2D eigenvalue weighted by Gasteiger charge is -2.49. The number of rotatable bonds is 15. The molecular formula is C38H52ClN7O6S. The average molecular weight is 770 g/mol. The number of unbranched alkanes of at least 4 members (excludes halogenated alkanes) is 3. The van der Waals surface area contributed by atoms with Gasteiger partial charge in [-0.25, -0.2) is 17.4 Å². The Morgan fingerprint density at radius 1 is 1.11 bits per heavy atom. The fraction of sp³-hybridized carbons (Fsp3) is 0.605. The Balaban J connectivity index is 1.18. The molecule has 3 heterocycles. The second-order valence-electron chi connectivity index (χ2n) is 16.0. The van der Waals surface area contributed by atoms with Gasteiger partial charge in [0.15, 0.2) is 11.0 Å². The van der Waals surface area contributed by atoms with Crippen molar-refractivity contribution in [2.75, 3.05) is 25.3 Å². The van der Waals surface area contributed by atoms with Crippen LogP contribution in [-0.4, -0.2) is 69.6 Å². The molecule has 2 aromatic carbocycles. The van der Waals surface area contributed by atoms with Crippen LogP contribution < -0.4 is 14.8 Å². The largest absolute Gasteiger partial charge is 0.487 e. The van der Waals surface area contributed by atoms with Crippen LogP contribution in [0.25, 0.3) is 11.0 Å². The molecule has 53 heavy (non-hydrogen) atoms. The molecule has 0 saturated heterocycles. The summed E-state index contributed by atoms with van der Waals surface area (Å²) in [7, 11) is -0.810. The summed E-state index contributed by atoms with van der Waals surface area (Å²) in [5.41, 5.74) is 3.37. The van der Waals surface area contributed by atoms with Crippen molar-refractivity contribution in [3.8, 4) is 11.5 Å². The summed E-state index contributed by atoms with van der Waals surface area (Å²) in [5.74, 6) is 2.53. The number of halogens is 1. The van der Waals surface area contributed by atoms with Crippen molar-refractivity contribution < 1.29 is 27.3 Å². The molecule has 288 valence electrons. The molecule has 6 rings (SSSR count). The van der Waals surface area contributed by atoms with Gasteiger partial charge >= 0.3 is 5.97 Å². The minimum absolute atomic E-state index is 0.0225. The fourth-order valence-electron chi connectivity index (χ4n) is 8.12. The van der Waals surface area contributed by atoms with Crippen LogP contribution >= 0.6 is 11.6 Å². The Morgan fingerprint density at radius 3 is 2.60 bits per heavy atom. The van der Waals surface area contributed by atoms with Gasteiger partial charge in [-0.3, -0.25) is 9.48 Å². The van der Waals surface area contributed by atoms with E-state index in [4.69, 9.17) is 25.7 Å². The molecule has 0 unspecified atom stereocenters. The van der Waals surface area contributed by atoms with Crippen molar-refractivity contribution in [1.29, 1.82) is 0 Å². The number of fused-ring (bicyclic) bond motifs is 4. The van der Waals surface area contributed by atoms with Crippen molar-refractivity contribution in [3.05, 3.63) is 47.3 Å². The summed E-state index contributed by atoms with van der Waals surface area (Å²) in [4.78, 5) is 12.5. The Hall–Kier alpha value is -3.75. The number of nitrogens with zero attached hydrogens (tertiary/aromatic N) is 6. The second-order valence-corrected chi connectivity index (χ2v) is 18.5. The minimum atomic E-state index is -3.74. The summed E-state index contributed by atoms with van der Waals surface area (Å²) in [6.07, 6.45) is 10.2. The maximum atomic E-state index is 12.8. The molecule has 1 fully saturated rings. The molecule has 1 N–H and O–H groups in total. The molecule has 0 spiro atoms. The maximum absolute atomic E-state index is 12.8. The van der Waals surface area contributed by atoms with E-state index in [1.54, 1.807) is 6.07 Å². The number of carbonyl (C=O) groups excluding carboxylic acids is 1. The number of anilines is 1. The average Bonchev–Trinajstić information content (AvgIpc) is 3.76. The zero-order valence-corrected chi connectivity index (χ0v) is 33.4. The lowest BCUT2D eigenvalue weighted by molar-refractivity contribution is -0.132. The lowest BCUT2D eigenvalue weighted by atomic mass is 9.63. The zero-order valence-electron chi connectivity index (χ0n) is 31.8. The number of esters is 1. The molecule has 4 aromatic rings. The van der Waals surface area contributed by atoms with Gasteiger partial charge < -0.3 is 14.8 Å². The van der Waals surface area contributed by atoms with Crippen LogP contribution in [0.3, 0.4) is 0 Å². The SMILES string of the molecule is CC(=O)Oc1cc(C(C)(C)CCCCCCCl)cc2c1[C@@H]1C[C@H](Cn3cc(CNc4ccc(S(=O)(=O)N(C)C)c5nonc45)nn3)CC[C@H]1C(C)(C)O2. The van der Waals surface area contributed by atoms with Crippen LogP contribution in [0.4, 0.5) is 5.69 Å². The maximum Gasteiger partial charge on any atom is 0.308 e. The highest BCUT2D eigenvalue weighted by molar-refractivity contribution is 7.89. The number of nitrogens with one attached hydrogen (secondary N) is 1. The van der Waals surface area contributed by atoms with Gasteiger partial charge in [0, 0.05) is 44.9 Å². The first-order chi connectivity index (χ1) is 25.1. The van der Waals surface area contributed by atoms with Crippen LogP contribution in [0.5, 0.6) is 11.5 Å². The molecule has 0 radical (unpaired) electrons. The fourth-order valence-corrected chi connectivity index (χ4v) is 9.33. The topological polar surface area (TPSA) is 155 Å². The van der Waals surface area contributed by atoms with E-state index in [1.165, 1.54) is 27.1 Å². The first-order valence-corrected chi connectivity index (χ1v) is 20.5. The van der Waals surface area contributed by atoms with E-state index in [0.717, 1.165) is 78.2 Å². The molecule has 13 nitrogen and oxygen atoms in total. The molecule has 1 aliphatic carbocycles. The normalized spacial score (nSPS) is 19.8. The molecule has 2 aromatic heterocycles. The summed E-state index contributed by atoms with van der Waals surface area (Å²) in [5, 5.41) is 19.9. The third-order valence-corrected chi connectivity index (χ3v) is 13.2. The highest BCUT2D eigenvalue weighted by Crippen LogP contribution is 2.56. The number of ether oxygens (including phenoxy) is 2. The molecule has 1 saturated carbocycles. The Labute approximate surface area is 317 Å². The van der Waals surface area contributed by atoms with Crippen LogP contribution in [0, 0.1) is 11.8 Å². The first kappa shape index (κ1) is 39.0. The van der Waals surface area contributed by atoms with E-state index in [1.807, 2.05) is 10.9 Å². The Bertz CT molecular complexity index is 2040. The minimum Gasteiger partial charge on any atom is -0.487 e. The number of aromatic nitrogens is 5. The quantitative estimate of drug-likeness (QED) is 0.0555. The summed E-state index contributed by atoms with van der Waals surface area (Å²) in [6.45, 7) is 11.4.